The molecule has 0 amide bonds. The molecule has 3 N–H and O–H groups in total. The summed E-state index contributed by atoms with van der Waals surface area (Å²) in [6.07, 6.45) is 3.73. The molecule has 2 rings (SSSR count). The van der Waals surface area contributed by atoms with E-state index in [2.05, 4.69) is 25.6 Å². The maximum absolute atomic E-state index is 13.9. The summed E-state index contributed by atoms with van der Waals surface area (Å²) >= 11 is 2.94. The first kappa shape index (κ1) is 15.9. The van der Waals surface area contributed by atoms with E-state index in [9.17, 15) is 12.8 Å². The molecule has 0 aliphatic rings. The van der Waals surface area contributed by atoms with Crippen LogP contribution in [0, 0.1) is 5.82 Å². The standard InChI is InChI=1S/C13H13BrFN3O2S/c14-11-7-10(16)8-12(13(11)15)21(19,20)18-6-3-9-1-4-17-5-2-9/h1-2,4-5,7-8,18H,3,6,16H2. The number of halogens is 2. The fourth-order valence-corrected chi connectivity index (χ4v) is 3.51. The minimum atomic E-state index is -3.96. The summed E-state index contributed by atoms with van der Waals surface area (Å²) in [5.41, 5.74) is 6.65. The van der Waals surface area contributed by atoms with Crippen molar-refractivity contribution in [2.45, 2.75) is 11.3 Å². The Bertz CT molecular complexity index is 739. The smallest absolute Gasteiger partial charge is 0.243 e. The number of anilines is 1. The highest BCUT2D eigenvalue weighted by Crippen LogP contribution is 2.25. The van der Waals surface area contributed by atoms with Gasteiger partial charge in [0.15, 0.2) is 5.82 Å². The summed E-state index contributed by atoms with van der Waals surface area (Å²) in [7, 11) is -3.96. The van der Waals surface area contributed by atoms with E-state index in [0.717, 1.165) is 11.6 Å². The molecule has 112 valence electrons. The third kappa shape index (κ3) is 3.99. The quantitative estimate of drug-likeness (QED) is 0.785. The van der Waals surface area contributed by atoms with Crippen LogP contribution in [0.2, 0.25) is 0 Å². The Balaban J connectivity index is 2.12. The average Bonchev–Trinajstić information content (AvgIpc) is 2.43. The minimum Gasteiger partial charge on any atom is -0.399 e. The third-order valence-corrected chi connectivity index (χ3v) is 4.80. The molecule has 1 aromatic carbocycles. The highest BCUT2D eigenvalue weighted by Gasteiger charge is 2.21. The molecule has 0 radical (unpaired) electrons. The molecule has 0 bridgehead atoms. The number of hydrogen-bond donors (Lipinski definition) is 2. The fourth-order valence-electron chi connectivity index (χ4n) is 1.74. The van der Waals surface area contributed by atoms with E-state index in [0.29, 0.717) is 6.42 Å². The Morgan fingerprint density at radius 1 is 1.29 bits per heavy atom. The van der Waals surface area contributed by atoms with Gasteiger partial charge in [0.2, 0.25) is 10.0 Å². The number of rotatable bonds is 5. The second-order valence-corrected chi connectivity index (χ2v) is 6.91. The van der Waals surface area contributed by atoms with Crippen molar-refractivity contribution in [3.63, 3.8) is 0 Å². The van der Waals surface area contributed by atoms with Crippen LogP contribution in [0.4, 0.5) is 10.1 Å². The van der Waals surface area contributed by atoms with Gasteiger partial charge in [0.1, 0.15) is 4.90 Å². The van der Waals surface area contributed by atoms with Gasteiger partial charge in [0, 0.05) is 24.6 Å². The largest absolute Gasteiger partial charge is 0.399 e. The van der Waals surface area contributed by atoms with Crippen molar-refractivity contribution < 1.29 is 12.8 Å². The topological polar surface area (TPSA) is 85.1 Å². The lowest BCUT2D eigenvalue weighted by molar-refractivity contribution is 0.554. The SMILES string of the molecule is Nc1cc(Br)c(F)c(S(=O)(=O)NCCc2ccncc2)c1. The number of nitrogens with one attached hydrogen (secondary N) is 1. The maximum atomic E-state index is 13.9. The van der Waals surface area contributed by atoms with Gasteiger partial charge in [-0.2, -0.15) is 0 Å². The number of sulfonamides is 1. The Labute approximate surface area is 130 Å². The molecule has 0 saturated heterocycles. The van der Waals surface area contributed by atoms with E-state index < -0.39 is 20.7 Å². The Morgan fingerprint density at radius 3 is 2.62 bits per heavy atom. The van der Waals surface area contributed by atoms with Gasteiger partial charge in [-0.15, -0.1) is 0 Å². The molecule has 0 aliphatic carbocycles. The summed E-state index contributed by atoms with van der Waals surface area (Å²) in [5.74, 6) is -0.861. The normalized spacial score (nSPS) is 11.5. The van der Waals surface area contributed by atoms with Crippen LogP contribution in [-0.2, 0) is 16.4 Å². The van der Waals surface area contributed by atoms with Crippen LogP contribution in [0.3, 0.4) is 0 Å². The molecule has 2 aromatic rings. The number of nitrogens with two attached hydrogens (primary N) is 1. The van der Waals surface area contributed by atoms with Gasteiger partial charge >= 0.3 is 0 Å². The summed E-state index contributed by atoms with van der Waals surface area (Å²) in [4.78, 5) is 3.41. The maximum Gasteiger partial charge on any atom is 0.243 e. The van der Waals surface area contributed by atoms with Crippen molar-refractivity contribution >= 4 is 31.6 Å². The Hall–Kier alpha value is -1.51. The molecule has 5 nitrogen and oxygen atoms in total. The van der Waals surface area contributed by atoms with Crippen molar-refractivity contribution in [1.29, 1.82) is 0 Å². The van der Waals surface area contributed by atoms with Crippen LogP contribution in [0.5, 0.6) is 0 Å². The molecule has 21 heavy (non-hydrogen) atoms. The number of nitrogen functional groups attached to an aromatic ring is 1. The molecular weight excluding hydrogens is 361 g/mol. The molecule has 0 saturated carbocycles. The van der Waals surface area contributed by atoms with Gasteiger partial charge in [-0.3, -0.25) is 4.98 Å². The summed E-state index contributed by atoms with van der Waals surface area (Å²) in [6, 6.07) is 5.97. The summed E-state index contributed by atoms with van der Waals surface area (Å²) < 4.78 is 40.5. The van der Waals surface area contributed by atoms with E-state index in [4.69, 9.17) is 5.73 Å². The summed E-state index contributed by atoms with van der Waals surface area (Å²) in [5, 5.41) is 0. The van der Waals surface area contributed by atoms with Gasteiger partial charge in [0.05, 0.1) is 4.47 Å². The van der Waals surface area contributed by atoms with Crippen molar-refractivity contribution in [1.82, 2.24) is 9.71 Å². The van der Waals surface area contributed by atoms with Gasteiger partial charge in [-0.25, -0.2) is 17.5 Å². The van der Waals surface area contributed by atoms with E-state index in [-0.39, 0.29) is 16.7 Å². The van der Waals surface area contributed by atoms with E-state index in [1.165, 1.54) is 6.07 Å². The lowest BCUT2D eigenvalue weighted by Crippen LogP contribution is -2.27. The molecule has 1 heterocycles. The predicted molar refractivity (Wildman–Crippen MR) is 81.6 cm³/mol. The van der Waals surface area contributed by atoms with Gasteiger partial charge in [-0.1, -0.05) is 0 Å². The van der Waals surface area contributed by atoms with Gasteiger partial charge in [0.25, 0.3) is 0 Å². The molecule has 0 atom stereocenters. The van der Waals surface area contributed by atoms with Crippen LogP contribution in [0.25, 0.3) is 0 Å². The van der Waals surface area contributed by atoms with Crippen molar-refractivity contribution in [3.05, 3.63) is 52.5 Å². The molecule has 0 spiro atoms. The minimum absolute atomic E-state index is 0.0111. The predicted octanol–water partition coefficient (Wildman–Crippen LogP) is 2.09. The second kappa shape index (κ2) is 6.50. The number of aromatic nitrogens is 1. The highest BCUT2D eigenvalue weighted by molar-refractivity contribution is 9.10. The van der Waals surface area contributed by atoms with Crippen molar-refractivity contribution in [3.8, 4) is 0 Å². The Kier molecular flexibility index (Phi) is 4.92. The summed E-state index contributed by atoms with van der Waals surface area (Å²) in [6.45, 7) is 0.151. The first-order valence-corrected chi connectivity index (χ1v) is 8.31. The molecule has 8 heteroatoms. The highest BCUT2D eigenvalue weighted by atomic mass is 79.9. The number of nitrogens with zero attached hydrogens (tertiary/aromatic N) is 1. The lowest BCUT2D eigenvalue weighted by atomic mass is 10.2. The number of hydrogen-bond acceptors (Lipinski definition) is 4. The molecular formula is C13H13BrFN3O2S. The van der Waals surface area contributed by atoms with Crippen LogP contribution in [0.15, 0.2) is 46.0 Å². The zero-order valence-electron chi connectivity index (χ0n) is 10.9. The Morgan fingerprint density at radius 2 is 1.95 bits per heavy atom. The zero-order valence-corrected chi connectivity index (χ0v) is 13.3. The molecule has 1 aromatic heterocycles. The first-order valence-electron chi connectivity index (χ1n) is 6.03. The van der Waals surface area contributed by atoms with E-state index >= 15 is 0 Å². The van der Waals surface area contributed by atoms with E-state index in [1.807, 2.05) is 0 Å². The molecule has 0 fully saturated rings. The fraction of sp³-hybridized carbons (Fsp3) is 0.154. The third-order valence-electron chi connectivity index (χ3n) is 2.76. The molecule has 0 unspecified atom stereocenters. The first-order chi connectivity index (χ1) is 9.90. The van der Waals surface area contributed by atoms with E-state index in [1.54, 1.807) is 24.5 Å². The van der Waals surface area contributed by atoms with Crippen LogP contribution < -0.4 is 10.5 Å². The number of benzene rings is 1. The van der Waals surface area contributed by atoms with Crippen LogP contribution in [0.1, 0.15) is 5.56 Å². The van der Waals surface area contributed by atoms with Crippen molar-refractivity contribution in [2.24, 2.45) is 0 Å². The van der Waals surface area contributed by atoms with Gasteiger partial charge in [-0.05, 0) is 52.2 Å². The zero-order chi connectivity index (χ0) is 15.5. The van der Waals surface area contributed by atoms with Crippen LogP contribution >= 0.6 is 15.9 Å². The average molecular weight is 374 g/mol. The lowest BCUT2D eigenvalue weighted by Gasteiger charge is -2.09. The van der Waals surface area contributed by atoms with Crippen LogP contribution in [-0.4, -0.2) is 19.9 Å². The molecule has 0 aliphatic heterocycles. The monoisotopic (exact) mass is 373 g/mol. The van der Waals surface area contributed by atoms with Crippen molar-refractivity contribution in [2.75, 3.05) is 12.3 Å². The van der Waals surface area contributed by atoms with Gasteiger partial charge < -0.3 is 5.73 Å². The number of pyridine rings is 1. The second-order valence-electron chi connectivity index (χ2n) is 4.32.